The van der Waals surface area contributed by atoms with E-state index >= 15 is 0 Å². The maximum atomic E-state index is 12.4. The highest BCUT2D eigenvalue weighted by molar-refractivity contribution is 5.83. The number of nitrogens with two attached hydrogens (primary N) is 1. The number of benzene rings is 1. The van der Waals surface area contributed by atoms with E-state index in [4.69, 9.17) is 5.73 Å². The Kier molecular flexibility index (Phi) is 7.15. The van der Waals surface area contributed by atoms with Crippen LogP contribution in [0.3, 0.4) is 0 Å². The third-order valence-corrected chi connectivity index (χ3v) is 3.22. The van der Waals surface area contributed by atoms with Crippen LogP contribution in [0.2, 0.25) is 0 Å². The molecule has 0 aliphatic carbocycles. The molecule has 1 aromatic carbocycles. The van der Waals surface area contributed by atoms with Crippen molar-refractivity contribution in [3.63, 3.8) is 0 Å². The summed E-state index contributed by atoms with van der Waals surface area (Å²) in [4.78, 5) is 14.5. The lowest BCUT2D eigenvalue weighted by molar-refractivity contribution is -0.126. The molecule has 1 atom stereocenters. The van der Waals surface area contributed by atoms with E-state index in [1.54, 1.807) is 0 Å². The van der Waals surface area contributed by atoms with Gasteiger partial charge in [0.1, 0.15) is 6.04 Å². The second-order valence-electron chi connectivity index (χ2n) is 4.47. The Hall–Kier alpha value is -1.39. The Bertz CT molecular complexity index is 363. The predicted octanol–water partition coefficient (Wildman–Crippen LogP) is 1.53. The molecule has 0 fully saturated rings. The largest absolute Gasteiger partial charge is 0.354 e. The smallest absolute Gasteiger partial charge is 0.241 e. The zero-order valence-electron chi connectivity index (χ0n) is 11.9. The number of likely N-dealkylation sites (N-methyl/N-ethyl adjacent to an activating group) is 1. The van der Waals surface area contributed by atoms with Crippen molar-refractivity contribution in [1.29, 1.82) is 0 Å². The summed E-state index contributed by atoms with van der Waals surface area (Å²) in [7, 11) is 0. The van der Waals surface area contributed by atoms with Crippen molar-refractivity contribution in [3.05, 3.63) is 35.9 Å². The van der Waals surface area contributed by atoms with Gasteiger partial charge in [0.25, 0.3) is 0 Å². The van der Waals surface area contributed by atoms with Crippen LogP contribution in [0.15, 0.2) is 30.3 Å². The van der Waals surface area contributed by atoms with E-state index in [-0.39, 0.29) is 11.9 Å². The van der Waals surface area contributed by atoms with E-state index in [9.17, 15) is 4.79 Å². The minimum absolute atomic E-state index is 0.0587. The summed E-state index contributed by atoms with van der Waals surface area (Å²) in [6.07, 6.45) is 0.811. The van der Waals surface area contributed by atoms with Crippen molar-refractivity contribution in [2.75, 3.05) is 26.2 Å². The number of carbonyl (C=O) groups excluding carboxylic acids is 1. The quantitative estimate of drug-likeness (QED) is 0.699. The van der Waals surface area contributed by atoms with Gasteiger partial charge < -0.3 is 11.1 Å². The Morgan fingerprint density at radius 1 is 1.26 bits per heavy atom. The normalized spacial score (nSPS) is 12.4. The summed E-state index contributed by atoms with van der Waals surface area (Å²) in [5.41, 5.74) is 6.49. The van der Waals surface area contributed by atoms with Gasteiger partial charge in [-0.05, 0) is 31.6 Å². The van der Waals surface area contributed by atoms with Crippen LogP contribution in [0.1, 0.15) is 31.9 Å². The van der Waals surface area contributed by atoms with Crippen LogP contribution >= 0.6 is 0 Å². The van der Waals surface area contributed by atoms with Crippen molar-refractivity contribution in [3.8, 4) is 0 Å². The molecule has 1 amide bonds. The molecule has 19 heavy (non-hydrogen) atoms. The molecule has 3 N–H and O–H groups in total. The summed E-state index contributed by atoms with van der Waals surface area (Å²) in [6.45, 7) is 7.08. The van der Waals surface area contributed by atoms with E-state index in [0.717, 1.165) is 25.1 Å². The van der Waals surface area contributed by atoms with Crippen LogP contribution in [0.25, 0.3) is 0 Å². The molecule has 1 unspecified atom stereocenters. The standard InChI is InChI=1S/C15H25N3O/c1-3-18(4-2)14(13-9-6-5-7-10-13)15(19)17-12-8-11-16/h5-7,9-10,14H,3-4,8,11-12,16H2,1-2H3,(H,17,19). The zero-order valence-corrected chi connectivity index (χ0v) is 11.9. The highest BCUT2D eigenvalue weighted by Crippen LogP contribution is 2.20. The topological polar surface area (TPSA) is 58.4 Å². The number of nitrogens with one attached hydrogen (secondary N) is 1. The minimum atomic E-state index is -0.214. The van der Waals surface area contributed by atoms with E-state index in [1.807, 2.05) is 30.3 Å². The Balaban J connectivity index is 2.83. The SMILES string of the molecule is CCN(CC)C(C(=O)NCCCN)c1ccccc1. The van der Waals surface area contributed by atoms with Crippen molar-refractivity contribution in [1.82, 2.24) is 10.2 Å². The number of nitrogens with zero attached hydrogens (tertiary/aromatic N) is 1. The van der Waals surface area contributed by atoms with Crippen molar-refractivity contribution in [2.24, 2.45) is 5.73 Å². The number of amides is 1. The Labute approximate surface area is 116 Å². The van der Waals surface area contributed by atoms with Crippen molar-refractivity contribution < 1.29 is 4.79 Å². The molecule has 4 nitrogen and oxygen atoms in total. The first-order valence-electron chi connectivity index (χ1n) is 7.01. The second kappa shape index (κ2) is 8.67. The lowest BCUT2D eigenvalue weighted by atomic mass is 10.0. The van der Waals surface area contributed by atoms with Gasteiger partial charge in [-0.2, -0.15) is 0 Å². The summed E-state index contributed by atoms with van der Waals surface area (Å²) < 4.78 is 0. The lowest BCUT2D eigenvalue weighted by Crippen LogP contribution is -2.41. The van der Waals surface area contributed by atoms with Crippen LogP contribution < -0.4 is 11.1 Å². The third-order valence-electron chi connectivity index (χ3n) is 3.22. The minimum Gasteiger partial charge on any atom is -0.354 e. The van der Waals surface area contributed by atoms with Crippen molar-refractivity contribution in [2.45, 2.75) is 26.3 Å². The van der Waals surface area contributed by atoms with Gasteiger partial charge >= 0.3 is 0 Å². The summed E-state index contributed by atoms with van der Waals surface area (Å²) in [6, 6.07) is 9.71. The molecular weight excluding hydrogens is 238 g/mol. The maximum absolute atomic E-state index is 12.4. The number of carbonyl (C=O) groups is 1. The summed E-state index contributed by atoms with van der Waals surface area (Å²) in [5.74, 6) is 0.0587. The number of rotatable bonds is 8. The fourth-order valence-corrected chi connectivity index (χ4v) is 2.16. The summed E-state index contributed by atoms with van der Waals surface area (Å²) >= 11 is 0. The molecule has 0 saturated heterocycles. The van der Waals surface area contributed by atoms with Crippen LogP contribution in [0.4, 0.5) is 0 Å². The molecule has 106 valence electrons. The van der Waals surface area contributed by atoms with Crippen LogP contribution in [0.5, 0.6) is 0 Å². The average Bonchev–Trinajstić information content (AvgIpc) is 2.45. The first-order chi connectivity index (χ1) is 9.24. The molecule has 1 rings (SSSR count). The van der Waals surface area contributed by atoms with Crippen LogP contribution in [0, 0.1) is 0 Å². The van der Waals surface area contributed by atoms with Gasteiger partial charge in [-0.15, -0.1) is 0 Å². The molecule has 0 radical (unpaired) electrons. The average molecular weight is 263 g/mol. The van der Waals surface area contributed by atoms with E-state index in [1.165, 1.54) is 0 Å². The molecular formula is C15H25N3O. The third kappa shape index (κ3) is 4.65. The fraction of sp³-hybridized carbons (Fsp3) is 0.533. The molecule has 0 heterocycles. The van der Waals surface area contributed by atoms with Gasteiger partial charge in [-0.25, -0.2) is 0 Å². The van der Waals surface area contributed by atoms with Gasteiger partial charge in [-0.1, -0.05) is 44.2 Å². The highest BCUT2D eigenvalue weighted by atomic mass is 16.2. The van der Waals surface area contributed by atoms with E-state index in [0.29, 0.717) is 13.1 Å². The zero-order chi connectivity index (χ0) is 14.1. The fourth-order valence-electron chi connectivity index (χ4n) is 2.16. The molecule has 0 aliphatic rings. The molecule has 0 spiro atoms. The lowest BCUT2D eigenvalue weighted by Gasteiger charge is -2.29. The van der Waals surface area contributed by atoms with Gasteiger partial charge in [0, 0.05) is 6.54 Å². The predicted molar refractivity (Wildman–Crippen MR) is 78.8 cm³/mol. The van der Waals surface area contributed by atoms with Crippen LogP contribution in [-0.2, 0) is 4.79 Å². The maximum Gasteiger partial charge on any atom is 0.241 e. The first kappa shape index (κ1) is 15.7. The second-order valence-corrected chi connectivity index (χ2v) is 4.47. The molecule has 0 bridgehead atoms. The van der Waals surface area contributed by atoms with Gasteiger partial charge in [-0.3, -0.25) is 9.69 Å². The van der Waals surface area contributed by atoms with E-state index < -0.39 is 0 Å². The van der Waals surface area contributed by atoms with Gasteiger partial charge in [0.15, 0.2) is 0 Å². The van der Waals surface area contributed by atoms with Crippen LogP contribution in [-0.4, -0.2) is 37.0 Å². The summed E-state index contributed by atoms with van der Waals surface area (Å²) in [5, 5.41) is 2.97. The molecule has 0 aromatic heterocycles. The number of hydrogen-bond acceptors (Lipinski definition) is 3. The Morgan fingerprint density at radius 3 is 2.42 bits per heavy atom. The number of hydrogen-bond donors (Lipinski definition) is 2. The first-order valence-corrected chi connectivity index (χ1v) is 7.01. The van der Waals surface area contributed by atoms with Crippen molar-refractivity contribution >= 4 is 5.91 Å². The molecule has 4 heteroatoms. The molecule has 1 aromatic rings. The van der Waals surface area contributed by atoms with E-state index in [2.05, 4.69) is 24.1 Å². The highest BCUT2D eigenvalue weighted by Gasteiger charge is 2.25. The van der Waals surface area contributed by atoms with Gasteiger partial charge in [0.05, 0.1) is 0 Å². The Morgan fingerprint density at radius 2 is 1.89 bits per heavy atom. The van der Waals surface area contributed by atoms with Gasteiger partial charge in [0.2, 0.25) is 5.91 Å². The molecule has 0 saturated carbocycles. The molecule has 0 aliphatic heterocycles. The monoisotopic (exact) mass is 263 g/mol.